The van der Waals surface area contributed by atoms with Gasteiger partial charge in [0.1, 0.15) is 0 Å². The van der Waals surface area contributed by atoms with Gasteiger partial charge in [0.25, 0.3) is 0 Å². The van der Waals surface area contributed by atoms with Crippen molar-refractivity contribution in [1.82, 2.24) is 4.31 Å². The Hall–Kier alpha value is -0.670. The molecule has 0 aliphatic heterocycles. The molecule has 96 valence electrons. The number of carbonyl (C=O) groups is 1. The molecule has 0 fully saturated rings. The van der Waals surface area contributed by atoms with Crippen LogP contribution in [0, 0.1) is 0 Å². The lowest BCUT2D eigenvalue weighted by Crippen LogP contribution is -2.39. The van der Waals surface area contributed by atoms with Crippen LogP contribution in [-0.4, -0.2) is 37.0 Å². The monoisotopic (exact) mass is 262 g/mol. The van der Waals surface area contributed by atoms with Crippen molar-refractivity contribution >= 4 is 17.2 Å². The van der Waals surface area contributed by atoms with Gasteiger partial charge in [0, 0.05) is 24.2 Å². The summed E-state index contributed by atoms with van der Waals surface area (Å²) in [5, 5.41) is 8.25. The Morgan fingerprint density at radius 1 is 1.31 bits per heavy atom. The standard InChI is InChI=1S/C7H12F3NO4S/c8-7(9,10)11(16(14)15)5-3-1-2-4-6(12)13/h1-5H2,(H,12,13)(H,14,15)/p-1. The van der Waals surface area contributed by atoms with E-state index in [1.165, 1.54) is 0 Å². The summed E-state index contributed by atoms with van der Waals surface area (Å²) in [5.74, 6) is -1.03. The van der Waals surface area contributed by atoms with Crippen molar-refractivity contribution < 1.29 is 31.8 Å². The number of hydrogen-bond acceptors (Lipinski definition) is 3. The molecule has 0 rings (SSSR count). The lowest BCUT2D eigenvalue weighted by atomic mass is 10.2. The second-order valence-electron chi connectivity index (χ2n) is 2.99. The molecule has 0 saturated heterocycles. The van der Waals surface area contributed by atoms with Crippen LogP contribution in [0.5, 0.6) is 0 Å². The summed E-state index contributed by atoms with van der Waals surface area (Å²) in [4.78, 5) is 10.1. The lowest BCUT2D eigenvalue weighted by molar-refractivity contribution is -0.210. The number of aliphatic carboxylic acids is 1. The van der Waals surface area contributed by atoms with E-state index in [0.717, 1.165) is 0 Å². The van der Waals surface area contributed by atoms with Crippen LogP contribution in [-0.2, 0) is 16.1 Å². The van der Waals surface area contributed by atoms with Crippen LogP contribution in [0.2, 0.25) is 0 Å². The topological polar surface area (TPSA) is 80.7 Å². The molecule has 0 bridgehead atoms. The van der Waals surface area contributed by atoms with E-state index in [9.17, 15) is 26.7 Å². The highest BCUT2D eigenvalue weighted by molar-refractivity contribution is 7.76. The van der Waals surface area contributed by atoms with Gasteiger partial charge in [-0.2, -0.15) is 13.2 Å². The van der Waals surface area contributed by atoms with Crippen LogP contribution in [0.3, 0.4) is 0 Å². The summed E-state index contributed by atoms with van der Waals surface area (Å²) in [7, 11) is 0. The third kappa shape index (κ3) is 6.75. The molecular weight excluding hydrogens is 251 g/mol. The molecule has 0 aromatic heterocycles. The molecule has 1 atom stereocenters. The van der Waals surface area contributed by atoms with Crippen molar-refractivity contribution in [3.05, 3.63) is 0 Å². The minimum atomic E-state index is -4.92. The molecule has 0 aliphatic rings. The van der Waals surface area contributed by atoms with E-state index in [1.54, 1.807) is 0 Å². The van der Waals surface area contributed by atoms with Gasteiger partial charge in [-0.05, 0) is 12.8 Å². The van der Waals surface area contributed by atoms with Gasteiger partial charge in [-0.3, -0.25) is 9.00 Å². The number of unbranched alkanes of at least 4 members (excludes halogenated alkanes) is 2. The van der Waals surface area contributed by atoms with Crippen molar-refractivity contribution in [2.45, 2.75) is 32.0 Å². The van der Waals surface area contributed by atoms with E-state index < -0.39 is 34.4 Å². The Balaban J connectivity index is 3.87. The third-order valence-corrected chi connectivity index (χ3v) is 2.46. The van der Waals surface area contributed by atoms with Gasteiger partial charge in [-0.1, -0.05) is 6.42 Å². The molecule has 1 N–H and O–H groups in total. The minimum absolute atomic E-state index is 0.0270. The maximum atomic E-state index is 12.0. The molecule has 0 heterocycles. The number of nitrogens with zero attached hydrogens (tertiary/aromatic N) is 1. The van der Waals surface area contributed by atoms with E-state index >= 15 is 0 Å². The fraction of sp³-hybridized carbons (Fsp3) is 0.857. The Bertz CT molecular complexity index is 259. The Morgan fingerprint density at radius 3 is 2.25 bits per heavy atom. The Labute approximate surface area is 92.7 Å². The first kappa shape index (κ1) is 15.3. The van der Waals surface area contributed by atoms with Crippen molar-refractivity contribution in [2.24, 2.45) is 0 Å². The average molecular weight is 262 g/mol. The van der Waals surface area contributed by atoms with Gasteiger partial charge < -0.3 is 9.66 Å². The second-order valence-corrected chi connectivity index (χ2v) is 3.87. The predicted octanol–water partition coefficient (Wildman–Crippen LogP) is 1.25. The average Bonchev–Trinajstić information content (AvgIpc) is 2.07. The number of halogens is 3. The number of hydrogen-bond donors (Lipinski definition) is 1. The van der Waals surface area contributed by atoms with Crippen molar-refractivity contribution in [3.63, 3.8) is 0 Å². The van der Waals surface area contributed by atoms with Gasteiger partial charge in [0.05, 0.1) is 0 Å². The van der Waals surface area contributed by atoms with Crippen LogP contribution < -0.4 is 0 Å². The smallest absolute Gasteiger partial charge is 0.470 e. The van der Waals surface area contributed by atoms with Crippen molar-refractivity contribution in [2.75, 3.05) is 6.54 Å². The van der Waals surface area contributed by atoms with Crippen LogP contribution in [0.1, 0.15) is 25.7 Å². The SMILES string of the molecule is O=C(O)CCCCCN(S(=O)[O-])C(F)(F)F. The molecular formula is C7H11F3NO4S-. The summed E-state index contributed by atoms with van der Waals surface area (Å²) >= 11 is -3.35. The third-order valence-electron chi connectivity index (χ3n) is 1.71. The Morgan fingerprint density at radius 2 is 1.88 bits per heavy atom. The normalized spacial score (nSPS) is 14.1. The van der Waals surface area contributed by atoms with Crippen LogP contribution in [0.4, 0.5) is 13.2 Å². The summed E-state index contributed by atoms with van der Waals surface area (Å²) in [6.07, 6.45) is -4.62. The highest BCUT2D eigenvalue weighted by Crippen LogP contribution is 2.22. The molecule has 0 spiro atoms. The molecule has 5 nitrogen and oxygen atoms in total. The quantitative estimate of drug-likeness (QED) is 0.425. The van der Waals surface area contributed by atoms with E-state index in [1.807, 2.05) is 0 Å². The zero-order valence-electron chi connectivity index (χ0n) is 8.20. The largest absolute Gasteiger partial charge is 0.759 e. The van der Waals surface area contributed by atoms with Gasteiger partial charge in [0.15, 0.2) is 0 Å². The Kier molecular flexibility index (Phi) is 6.53. The van der Waals surface area contributed by atoms with Crippen LogP contribution in [0.25, 0.3) is 0 Å². The van der Waals surface area contributed by atoms with Gasteiger partial charge in [0.2, 0.25) is 0 Å². The summed E-state index contributed by atoms with van der Waals surface area (Å²) in [6.45, 7) is -0.681. The maximum Gasteiger partial charge on any atom is 0.470 e. The summed E-state index contributed by atoms with van der Waals surface area (Å²) < 4.78 is 56.0. The van der Waals surface area contributed by atoms with E-state index in [0.29, 0.717) is 0 Å². The van der Waals surface area contributed by atoms with E-state index in [2.05, 4.69) is 0 Å². The highest BCUT2D eigenvalue weighted by Gasteiger charge is 2.37. The van der Waals surface area contributed by atoms with E-state index in [-0.39, 0.29) is 25.7 Å². The van der Waals surface area contributed by atoms with Crippen molar-refractivity contribution in [3.8, 4) is 0 Å². The van der Waals surface area contributed by atoms with Gasteiger partial charge in [-0.15, -0.1) is 4.31 Å². The molecule has 1 unspecified atom stereocenters. The predicted molar refractivity (Wildman–Crippen MR) is 47.8 cm³/mol. The zero-order chi connectivity index (χ0) is 12.8. The molecule has 9 heteroatoms. The zero-order valence-corrected chi connectivity index (χ0v) is 9.01. The molecule has 16 heavy (non-hydrogen) atoms. The molecule has 0 aliphatic carbocycles. The first-order valence-electron chi connectivity index (χ1n) is 4.40. The van der Waals surface area contributed by atoms with Crippen molar-refractivity contribution in [1.29, 1.82) is 0 Å². The van der Waals surface area contributed by atoms with Crippen LogP contribution >= 0.6 is 0 Å². The van der Waals surface area contributed by atoms with E-state index in [4.69, 9.17) is 5.11 Å². The minimum Gasteiger partial charge on any atom is -0.759 e. The van der Waals surface area contributed by atoms with Gasteiger partial charge >= 0.3 is 12.3 Å². The molecule has 0 radical (unpaired) electrons. The lowest BCUT2D eigenvalue weighted by Gasteiger charge is -2.25. The molecule has 0 aromatic carbocycles. The van der Waals surface area contributed by atoms with Gasteiger partial charge in [-0.25, -0.2) is 0 Å². The number of carboxylic acids is 1. The summed E-state index contributed by atoms with van der Waals surface area (Å²) in [6, 6.07) is 0. The fourth-order valence-corrected chi connectivity index (χ4v) is 1.44. The first-order valence-corrected chi connectivity index (χ1v) is 5.44. The fourth-order valence-electron chi connectivity index (χ4n) is 0.994. The number of rotatable bonds is 7. The number of carboxylic acid groups (broad SMARTS) is 1. The first-order chi connectivity index (χ1) is 7.25. The van der Waals surface area contributed by atoms with Crippen LogP contribution in [0.15, 0.2) is 0 Å². The molecule has 0 amide bonds. The number of alkyl halides is 3. The second kappa shape index (κ2) is 6.81. The molecule has 0 aromatic rings. The summed E-state index contributed by atoms with van der Waals surface area (Å²) in [5.41, 5.74) is 0. The molecule has 0 saturated carbocycles. The maximum absolute atomic E-state index is 12.0. The highest BCUT2D eigenvalue weighted by atomic mass is 32.2.